The first-order valence-electron chi connectivity index (χ1n) is 6.39. The van der Waals surface area contributed by atoms with Crippen LogP contribution in [0.2, 0.25) is 0 Å². The highest BCUT2D eigenvalue weighted by atomic mass is 16.2. The van der Waals surface area contributed by atoms with E-state index >= 15 is 0 Å². The fourth-order valence-electron chi connectivity index (χ4n) is 2.41. The summed E-state index contributed by atoms with van der Waals surface area (Å²) in [6, 6.07) is 0. The topological polar surface area (TPSA) is 60.9 Å². The molecule has 0 bridgehead atoms. The summed E-state index contributed by atoms with van der Waals surface area (Å²) in [4.78, 5) is 39.7. The molecular formula is C12H19N3O3. The summed E-state index contributed by atoms with van der Waals surface area (Å²) in [6.07, 6.45) is 1.41. The van der Waals surface area contributed by atoms with Gasteiger partial charge in [-0.2, -0.15) is 0 Å². The van der Waals surface area contributed by atoms with Gasteiger partial charge >= 0.3 is 0 Å². The van der Waals surface area contributed by atoms with E-state index in [1.807, 2.05) is 0 Å². The molecule has 2 aliphatic heterocycles. The minimum Gasteiger partial charge on any atom is -0.339 e. The largest absolute Gasteiger partial charge is 0.339 e. The Labute approximate surface area is 107 Å². The summed E-state index contributed by atoms with van der Waals surface area (Å²) in [6.45, 7) is 4.75. The quantitative estimate of drug-likeness (QED) is 0.654. The Bertz CT molecular complexity index is 362. The van der Waals surface area contributed by atoms with E-state index in [4.69, 9.17) is 0 Å². The van der Waals surface area contributed by atoms with Gasteiger partial charge in [0.25, 0.3) is 0 Å². The molecule has 0 atom stereocenters. The van der Waals surface area contributed by atoms with Crippen LogP contribution in [0.15, 0.2) is 0 Å². The number of hydrogen-bond acceptors (Lipinski definition) is 3. The van der Waals surface area contributed by atoms with Crippen molar-refractivity contribution in [2.75, 3.05) is 39.3 Å². The Kier molecular flexibility index (Phi) is 3.84. The lowest BCUT2D eigenvalue weighted by atomic mass is 10.3. The van der Waals surface area contributed by atoms with Crippen LogP contribution >= 0.6 is 0 Å². The predicted octanol–water partition coefficient (Wildman–Crippen LogP) is -0.700. The van der Waals surface area contributed by atoms with Crippen molar-refractivity contribution in [3.8, 4) is 0 Å². The van der Waals surface area contributed by atoms with Crippen molar-refractivity contribution >= 4 is 17.7 Å². The summed E-state index contributed by atoms with van der Waals surface area (Å²) >= 11 is 0. The third kappa shape index (κ3) is 2.80. The Morgan fingerprint density at radius 3 is 2.17 bits per heavy atom. The van der Waals surface area contributed by atoms with Gasteiger partial charge in [-0.3, -0.25) is 14.4 Å². The number of rotatable bonds is 2. The molecule has 3 amide bonds. The fourth-order valence-corrected chi connectivity index (χ4v) is 2.41. The van der Waals surface area contributed by atoms with Crippen molar-refractivity contribution in [2.24, 2.45) is 0 Å². The van der Waals surface area contributed by atoms with Gasteiger partial charge in [0.15, 0.2) is 0 Å². The molecule has 0 aromatic carbocycles. The van der Waals surface area contributed by atoms with E-state index < -0.39 is 0 Å². The number of likely N-dealkylation sites (tertiary alicyclic amines) is 1. The molecule has 2 heterocycles. The maximum absolute atomic E-state index is 12.0. The van der Waals surface area contributed by atoms with Crippen LogP contribution in [0.1, 0.15) is 19.8 Å². The zero-order chi connectivity index (χ0) is 13.1. The van der Waals surface area contributed by atoms with Crippen molar-refractivity contribution in [1.82, 2.24) is 14.7 Å². The zero-order valence-electron chi connectivity index (χ0n) is 10.7. The first kappa shape index (κ1) is 12.9. The molecule has 6 heteroatoms. The smallest absolute Gasteiger partial charge is 0.242 e. The molecule has 2 rings (SSSR count). The van der Waals surface area contributed by atoms with Crippen LogP contribution in [0.3, 0.4) is 0 Å². The number of carbonyl (C=O) groups is 3. The number of hydrogen-bond donors (Lipinski definition) is 0. The van der Waals surface area contributed by atoms with Crippen molar-refractivity contribution < 1.29 is 14.4 Å². The van der Waals surface area contributed by atoms with E-state index in [1.54, 1.807) is 21.6 Å². The monoisotopic (exact) mass is 253 g/mol. The molecule has 18 heavy (non-hydrogen) atoms. The van der Waals surface area contributed by atoms with E-state index in [0.717, 1.165) is 6.42 Å². The van der Waals surface area contributed by atoms with Gasteiger partial charge in [-0.05, 0) is 6.42 Å². The summed E-state index contributed by atoms with van der Waals surface area (Å²) in [5, 5.41) is 0. The molecule has 0 aromatic heterocycles. The highest BCUT2D eigenvalue weighted by Gasteiger charge is 2.27. The van der Waals surface area contributed by atoms with Crippen molar-refractivity contribution in [1.29, 1.82) is 0 Å². The molecule has 0 radical (unpaired) electrons. The zero-order valence-corrected chi connectivity index (χ0v) is 10.7. The van der Waals surface area contributed by atoms with Crippen LogP contribution in [0, 0.1) is 0 Å². The molecule has 0 aromatic rings. The second-order valence-electron chi connectivity index (χ2n) is 4.81. The number of carbonyl (C=O) groups excluding carboxylic acids is 3. The summed E-state index contributed by atoms with van der Waals surface area (Å²) in [7, 11) is 0. The average Bonchev–Trinajstić information content (AvgIpc) is 2.75. The maximum atomic E-state index is 12.0. The van der Waals surface area contributed by atoms with Crippen LogP contribution in [-0.2, 0) is 14.4 Å². The average molecular weight is 253 g/mol. The van der Waals surface area contributed by atoms with Gasteiger partial charge in [0.2, 0.25) is 17.7 Å². The lowest BCUT2D eigenvalue weighted by Gasteiger charge is -2.35. The normalized spacial score (nSPS) is 20.5. The van der Waals surface area contributed by atoms with Gasteiger partial charge in [0.1, 0.15) is 0 Å². The first-order valence-corrected chi connectivity index (χ1v) is 6.39. The molecule has 0 N–H and O–H groups in total. The van der Waals surface area contributed by atoms with E-state index in [2.05, 4.69) is 0 Å². The molecular weight excluding hydrogens is 234 g/mol. The SMILES string of the molecule is CC(=O)N1CCN(C(=O)CN2CCCC2=O)CC1. The van der Waals surface area contributed by atoms with E-state index in [0.29, 0.717) is 39.1 Å². The van der Waals surface area contributed by atoms with Gasteiger partial charge in [-0.25, -0.2) is 0 Å². The lowest BCUT2D eigenvalue weighted by Crippen LogP contribution is -2.52. The second-order valence-corrected chi connectivity index (χ2v) is 4.81. The molecule has 2 saturated heterocycles. The first-order chi connectivity index (χ1) is 8.58. The maximum Gasteiger partial charge on any atom is 0.242 e. The summed E-state index contributed by atoms with van der Waals surface area (Å²) in [5.41, 5.74) is 0. The van der Waals surface area contributed by atoms with Gasteiger partial charge in [-0.15, -0.1) is 0 Å². The number of piperazine rings is 1. The highest BCUT2D eigenvalue weighted by molar-refractivity contribution is 5.86. The second kappa shape index (κ2) is 5.37. The molecule has 0 unspecified atom stereocenters. The van der Waals surface area contributed by atoms with Gasteiger partial charge < -0.3 is 14.7 Å². The van der Waals surface area contributed by atoms with Gasteiger partial charge in [0.05, 0.1) is 6.54 Å². The Morgan fingerprint density at radius 1 is 1.06 bits per heavy atom. The molecule has 100 valence electrons. The number of nitrogens with zero attached hydrogens (tertiary/aromatic N) is 3. The van der Waals surface area contributed by atoms with Crippen LogP contribution in [0.5, 0.6) is 0 Å². The van der Waals surface area contributed by atoms with Crippen molar-refractivity contribution in [3.05, 3.63) is 0 Å². The third-order valence-corrected chi connectivity index (χ3v) is 3.58. The Hall–Kier alpha value is -1.59. The lowest BCUT2D eigenvalue weighted by molar-refractivity contribution is -0.141. The fraction of sp³-hybridized carbons (Fsp3) is 0.750. The Balaban J connectivity index is 1.80. The van der Waals surface area contributed by atoms with E-state index in [-0.39, 0.29) is 24.3 Å². The predicted molar refractivity (Wildman–Crippen MR) is 64.6 cm³/mol. The van der Waals surface area contributed by atoms with Crippen LogP contribution < -0.4 is 0 Å². The summed E-state index contributed by atoms with van der Waals surface area (Å²) < 4.78 is 0. The summed E-state index contributed by atoms with van der Waals surface area (Å²) in [5.74, 6) is 0.121. The number of amides is 3. The van der Waals surface area contributed by atoms with Crippen LogP contribution in [-0.4, -0.2) is 71.7 Å². The van der Waals surface area contributed by atoms with Gasteiger partial charge in [0, 0.05) is 46.1 Å². The van der Waals surface area contributed by atoms with E-state index in [9.17, 15) is 14.4 Å². The van der Waals surface area contributed by atoms with Crippen molar-refractivity contribution in [2.45, 2.75) is 19.8 Å². The minimum atomic E-state index is -0.00606. The molecule has 2 fully saturated rings. The molecule has 0 aliphatic carbocycles. The molecule has 6 nitrogen and oxygen atoms in total. The van der Waals surface area contributed by atoms with Crippen LogP contribution in [0.25, 0.3) is 0 Å². The minimum absolute atomic E-state index is 0.00606. The van der Waals surface area contributed by atoms with Crippen molar-refractivity contribution in [3.63, 3.8) is 0 Å². The van der Waals surface area contributed by atoms with Gasteiger partial charge in [-0.1, -0.05) is 0 Å². The molecule has 2 aliphatic rings. The standard InChI is InChI=1S/C12H19N3O3/c1-10(16)13-5-7-14(8-6-13)12(18)9-15-4-2-3-11(15)17/h2-9H2,1H3. The third-order valence-electron chi connectivity index (χ3n) is 3.58. The highest BCUT2D eigenvalue weighted by Crippen LogP contribution is 2.10. The van der Waals surface area contributed by atoms with E-state index in [1.165, 1.54) is 0 Å². The molecule has 0 spiro atoms. The molecule has 0 saturated carbocycles. The Morgan fingerprint density at radius 2 is 1.67 bits per heavy atom. The van der Waals surface area contributed by atoms with Crippen LogP contribution in [0.4, 0.5) is 0 Å².